The first-order chi connectivity index (χ1) is 10.6. The predicted octanol–water partition coefficient (Wildman–Crippen LogP) is 1.74. The quantitative estimate of drug-likeness (QED) is 0.679. The summed E-state index contributed by atoms with van der Waals surface area (Å²) in [7, 11) is 0. The summed E-state index contributed by atoms with van der Waals surface area (Å²) in [5.41, 5.74) is 6.00. The van der Waals surface area contributed by atoms with E-state index in [1.807, 2.05) is 42.5 Å². The number of aromatic amines is 1. The van der Waals surface area contributed by atoms with Crippen LogP contribution in [-0.2, 0) is 11.2 Å². The van der Waals surface area contributed by atoms with Gasteiger partial charge in [0.15, 0.2) is 5.76 Å². The number of aliphatic carboxylic acids is 1. The van der Waals surface area contributed by atoms with E-state index in [0.29, 0.717) is 11.3 Å². The number of carbonyl (C=O) groups is 1. The van der Waals surface area contributed by atoms with Crippen LogP contribution in [0, 0.1) is 0 Å². The third-order valence-corrected chi connectivity index (χ3v) is 3.55. The van der Waals surface area contributed by atoms with Crippen molar-refractivity contribution >= 4 is 16.7 Å². The highest BCUT2D eigenvalue weighted by Gasteiger charge is 2.21. The summed E-state index contributed by atoms with van der Waals surface area (Å²) in [6.45, 7) is 0. The van der Waals surface area contributed by atoms with Crippen LogP contribution in [0.2, 0.25) is 0 Å². The number of aromatic nitrogens is 1. The van der Waals surface area contributed by atoms with Gasteiger partial charge in [0.1, 0.15) is 6.04 Å². The van der Waals surface area contributed by atoms with Gasteiger partial charge in [-0.3, -0.25) is 9.59 Å². The molecule has 6 nitrogen and oxygen atoms in total. The minimum atomic E-state index is -1.16. The van der Waals surface area contributed by atoms with Crippen molar-refractivity contribution in [2.75, 3.05) is 0 Å². The number of hydrogen-bond donors (Lipinski definition) is 3. The number of carboxylic acids is 1. The lowest BCUT2D eigenvalue weighted by Gasteiger charge is -2.06. The maximum Gasteiger partial charge on any atom is 0.320 e. The van der Waals surface area contributed by atoms with Crippen molar-refractivity contribution in [2.45, 2.75) is 12.5 Å². The molecule has 3 aromatic rings. The molecule has 1 atom stereocenters. The summed E-state index contributed by atoms with van der Waals surface area (Å²) in [6, 6.07) is 12.3. The van der Waals surface area contributed by atoms with Crippen molar-refractivity contribution in [3.63, 3.8) is 0 Å². The normalized spacial score (nSPS) is 12.4. The molecule has 0 aliphatic carbocycles. The van der Waals surface area contributed by atoms with E-state index < -0.39 is 17.6 Å². The van der Waals surface area contributed by atoms with Gasteiger partial charge in [0, 0.05) is 12.0 Å². The third kappa shape index (κ3) is 2.51. The molecular formula is C16H14N2O4. The summed E-state index contributed by atoms with van der Waals surface area (Å²) >= 11 is 0. The standard InChI is InChI=1S/C16H14N2O4/c17-13(16(20)21)8-12-14(22-18-15(12)19)11-6-5-9-3-1-2-4-10(9)7-11/h1-7,13H,8,17H2,(H,18,19)(H,20,21). The average Bonchev–Trinajstić information content (AvgIpc) is 2.88. The second-order valence-electron chi connectivity index (χ2n) is 5.05. The van der Waals surface area contributed by atoms with Crippen LogP contribution in [0.1, 0.15) is 5.56 Å². The topological polar surface area (TPSA) is 109 Å². The smallest absolute Gasteiger partial charge is 0.320 e. The Bertz CT molecular complexity index is 894. The van der Waals surface area contributed by atoms with E-state index in [0.717, 1.165) is 10.8 Å². The van der Waals surface area contributed by atoms with Crippen molar-refractivity contribution in [2.24, 2.45) is 5.73 Å². The monoisotopic (exact) mass is 298 g/mol. The molecule has 4 N–H and O–H groups in total. The highest BCUT2D eigenvalue weighted by Crippen LogP contribution is 2.26. The van der Waals surface area contributed by atoms with E-state index in [4.69, 9.17) is 15.4 Å². The maximum atomic E-state index is 11.8. The zero-order chi connectivity index (χ0) is 15.7. The predicted molar refractivity (Wildman–Crippen MR) is 81.6 cm³/mol. The van der Waals surface area contributed by atoms with Gasteiger partial charge in [-0.15, -0.1) is 0 Å². The number of benzene rings is 2. The molecule has 0 aliphatic rings. The molecule has 3 rings (SSSR count). The van der Waals surface area contributed by atoms with Crippen LogP contribution < -0.4 is 11.3 Å². The number of hydrogen-bond acceptors (Lipinski definition) is 4. The Labute approximate surface area is 125 Å². The third-order valence-electron chi connectivity index (χ3n) is 3.55. The van der Waals surface area contributed by atoms with Gasteiger partial charge in [0.25, 0.3) is 5.56 Å². The highest BCUT2D eigenvalue weighted by molar-refractivity contribution is 5.87. The van der Waals surface area contributed by atoms with Crippen LogP contribution in [0.15, 0.2) is 51.8 Å². The Morgan fingerprint density at radius 3 is 2.68 bits per heavy atom. The molecule has 6 heteroatoms. The summed E-state index contributed by atoms with van der Waals surface area (Å²) in [5, 5.41) is 13.2. The maximum absolute atomic E-state index is 11.8. The first kappa shape index (κ1) is 14.1. The molecule has 0 radical (unpaired) electrons. The number of rotatable bonds is 4. The van der Waals surface area contributed by atoms with E-state index >= 15 is 0 Å². The molecule has 0 bridgehead atoms. The summed E-state index contributed by atoms with van der Waals surface area (Å²) < 4.78 is 5.23. The fourth-order valence-electron chi connectivity index (χ4n) is 2.38. The van der Waals surface area contributed by atoms with Crippen LogP contribution in [-0.4, -0.2) is 22.3 Å². The Kier molecular flexibility index (Phi) is 3.52. The number of nitrogens with one attached hydrogen (secondary N) is 1. The van der Waals surface area contributed by atoms with Gasteiger partial charge in [0.05, 0.1) is 5.56 Å². The molecule has 1 heterocycles. The van der Waals surface area contributed by atoms with Crippen LogP contribution in [0.4, 0.5) is 0 Å². The average molecular weight is 298 g/mol. The van der Waals surface area contributed by atoms with Gasteiger partial charge >= 0.3 is 5.97 Å². The van der Waals surface area contributed by atoms with Crippen LogP contribution in [0.5, 0.6) is 0 Å². The SMILES string of the molecule is NC(Cc1c(-c2ccc3ccccc3c2)o[nH]c1=O)C(=O)O. The summed E-state index contributed by atoms with van der Waals surface area (Å²) in [5.74, 6) is -0.836. The molecule has 1 aromatic heterocycles. The second-order valence-corrected chi connectivity index (χ2v) is 5.05. The zero-order valence-electron chi connectivity index (χ0n) is 11.6. The molecule has 0 amide bonds. The zero-order valence-corrected chi connectivity index (χ0v) is 11.6. The Morgan fingerprint density at radius 2 is 1.95 bits per heavy atom. The van der Waals surface area contributed by atoms with Gasteiger partial charge < -0.3 is 15.4 Å². The minimum absolute atomic E-state index is 0.0939. The number of nitrogens with two attached hydrogens (primary N) is 1. The number of H-pyrrole nitrogens is 1. The van der Waals surface area contributed by atoms with Crippen molar-refractivity contribution in [1.82, 2.24) is 5.16 Å². The van der Waals surface area contributed by atoms with Crippen molar-refractivity contribution in [3.05, 3.63) is 58.4 Å². The lowest BCUT2D eigenvalue weighted by atomic mass is 10.0. The van der Waals surface area contributed by atoms with E-state index in [-0.39, 0.29) is 12.0 Å². The first-order valence-corrected chi connectivity index (χ1v) is 6.74. The lowest BCUT2D eigenvalue weighted by Crippen LogP contribution is -2.33. The van der Waals surface area contributed by atoms with E-state index in [1.54, 1.807) is 0 Å². The van der Waals surface area contributed by atoms with Crippen molar-refractivity contribution < 1.29 is 14.4 Å². The Morgan fingerprint density at radius 1 is 1.23 bits per heavy atom. The van der Waals surface area contributed by atoms with Gasteiger partial charge in [-0.05, 0) is 16.8 Å². The second kappa shape index (κ2) is 5.50. The van der Waals surface area contributed by atoms with Crippen molar-refractivity contribution in [3.8, 4) is 11.3 Å². The van der Waals surface area contributed by atoms with Gasteiger partial charge in [-0.2, -0.15) is 5.16 Å². The number of carboxylic acid groups (broad SMARTS) is 1. The molecule has 0 saturated heterocycles. The molecule has 0 saturated carbocycles. The molecule has 0 spiro atoms. The molecule has 112 valence electrons. The van der Waals surface area contributed by atoms with Gasteiger partial charge in [-0.1, -0.05) is 36.4 Å². The molecule has 1 unspecified atom stereocenters. The van der Waals surface area contributed by atoms with E-state index in [2.05, 4.69) is 5.16 Å². The Balaban J connectivity index is 2.07. The minimum Gasteiger partial charge on any atom is -0.480 e. The fourth-order valence-corrected chi connectivity index (χ4v) is 2.38. The largest absolute Gasteiger partial charge is 0.480 e. The van der Waals surface area contributed by atoms with Gasteiger partial charge in [0.2, 0.25) is 0 Å². The number of fused-ring (bicyclic) bond motifs is 1. The molecule has 0 fully saturated rings. The molecule has 2 aromatic carbocycles. The lowest BCUT2D eigenvalue weighted by molar-refractivity contribution is -0.138. The first-order valence-electron chi connectivity index (χ1n) is 6.74. The van der Waals surface area contributed by atoms with E-state index in [9.17, 15) is 9.59 Å². The van der Waals surface area contributed by atoms with Crippen LogP contribution >= 0.6 is 0 Å². The van der Waals surface area contributed by atoms with Crippen LogP contribution in [0.25, 0.3) is 22.1 Å². The molecule has 22 heavy (non-hydrogen) atoms. The van der Waals surface area contributed by atoms with Gasteiger partial charge in [-0.25, -0.2) is 0 Å². The molecule has 0 aliphatic heterocycles. The summed E-state index contributed by atoms with van der Waals surface area (Å²) in [4.78, 5) is 22.7. The molecular weight excluding hydrogens is 284 g/mol. The fraction of sp³-hybridized carbons (Fsp3) is 0.125. The Hall–Kier alpha value is -2.86. The highest BCUT2D eigenvalue weighted by atomic mass is 16.5. The van der Waals surface area contributed by atoms with Crippen molar-refractivity contribution in [1.29, 1.82) is 0 Å². The van der Waals surface area contributed by atoms with E-state index in [1.165, 1.54) is 0 Å². The van der Waals surface area contributed by atoms with Crippen LogP contribution in [0.3, 0.4) is 0 Å². The summed E-state index contributed by atoms with van der Waals surface area (Å²) in [6.07, 6.45) is -0.0939.